The third kappa shape index (κ3) is 6.54. The summed E-state index contributed by atoms with van der Waals surface area (Å²) in [5, 5.41) is 3.54. The third-order valence-electron chi connectivity index (χ3n) is 2.33. The SMILES string of the molecule is C.C.CC(C)(C)c1noc(=O)[nH]1.CC(C)(C)n1oc(=O)[nH]c1=O. The molecule has 2 rings (SSSR count). The molecule has 0 saturated carbocycles. The minimum Gasteiger partial charge on any atom is -0.316 e. The Hall–Kier alpha value is -2.32. The van der Waals surface area contributed by atoms with Crippen LogP contribution in [0.4, 0.5) is 0 Å². The molecule has 2 heterocycles. The van der Waals surface area contributed by atoms with E-state index in [2.05, 4.69) is 19.2 Å². The topological polar surface area (TPSA) is 127 Å². The van der Waals surface area contributed by atoms with Gasteiger partial charge in [0.05, 0.1) is 5.54 Å². The van der Waals surface area contributed by atoms with E-state index in [-0.39, 0.29) is 20.3 Å². The van der Waals surface area contributed by atoms with Crippen LogP contribution in [-0.2, 0) is 11.0 Å². The van der Waals surface area contributed by atoms with E-state index in [1.165, 1.54) is 0 Å². The van der Waals surface area contributed by atoms with Gasteiger partial charge >= 0.3 is 17.2 Å². The zero-order chi connectivity index (χ0) is 16.4. The van der Waals surface area contributed by atoms with Crippen LogP contribution in [0.5, 0.6) is 0 Å². The van der Waals surface area contributed by atoms with E-state index in [0.29, 0.717) is 5.82 Å². The van der Waals surface area contributed by atoms with Crippen LogP contribution in [0, 0.1) is 0 Å². The Kier molecular flexibility index (Phi) is 7.78. The fraction of sp³-hybridized carbons (Fsp3) is 0.714. The summed E-state index contributed by atoms with van der Waals surface area (Å²) in [5.74, 6) is -0.632. The molecule has 0 aliphatic carbocycles. The Balaban J connectivity index is 0. The molecule has 0 aliphatic heterocycles. The van der Waals surface area contributed by atoms with E-state index < -0.39 is 22.7 Å². The van der Waals surface area contributed by atoms with Crippen LogP contribution in [0.25, 0.3) is 0 Å². The van der Waals surface area contributed by atoms with Crippen LogP contribution in [-0.4, -0.2) is 19.9 Å². The fourth-order valence-electron chi connectivity index (χ4n) is 1.28. The molecule has 23 heavy (non-hydrogen) atoms. The number of hydrogen-bond acceptors (Lipinski definition) is 6. The van der Waals surface area contributed by atoms with Crippen LogP contribution in [0.3, 0.4) is 0 Å². The van der Waals surface area contributed by atoms with Crippen molar-refractivity contribution in [1.82, 2.24) is 19.9 Å². The van der Waals surface area contributed by atoms with Crippen LogP contribution in [0.2, 0.25) is 0 Å². The van der Waals surface area contributed by atoms with Crippen molar-refractivity contribution >= 4 is 0 Å². The minimum atomic E-state index is -0.718. The van der Waals surface area contributed by atoms with Gasteiger partial charge in [0.15, 0.2) is 5.82 Å². The third-order valence-corrected chi connectivity index (χ3v) is 2.33. The largest absolute Gasteiger partial charge is 0.440 e. The summed E-state index contributed by atoms with van der Waals surface area (Å²) >= 11 is 0. The average molecular weight is 332 g/mol. The van der Waals surface area contributed by atoms with Crippen molar-refractivity contribution in [3.8, 4) is 0 Å². The second-order valence-electron chi connectivity index (χ2n) is 6.47. The fourth-order valence-corrected chi connectivity index (χ4v) is 1.28. The molecule has 0 aliphatic rings. The van der Waals surface area contributed by atoms with Gasteiger partial charge in [0.25, 0.3) is 0 Å². The van der Waals surface area contributed by atoms with E-state index in [1.54, 1.807) is 20.8 Å². The maximum Gasteiger partial charge on any atom is 0.440 e. The number of aromatic amines is 2. The summed E-state index contributed by atoms with van der Waals surface area (Å²) in [6, 6.07) is 0. The van der Waals surface area contributed by atoms with Crippen molar-refractivity contribution < 1.29 is 9.05 Å². The summed E-state index contributed by atoms with van der Waals surface area (Å²) in [6.45, 7) is 11.1. The first-order valence-corrected chi connectivity index (χ1v) is 6.31. The van der Waals surface area contributed by atoms with Crippen LogP contribution in [0.1, 0.15) is 62.2 Å². The number of nitrogens with zero attached hydrogens (tertiary/aromatic N) is 2. The highest BCUT2D eigenvalue weighted by Gasteiger charge is 2.19. The lowest BCUT2D eigenvalue weighted by Gasteiger charge is -2.14. The van der Waals surface area contributed by atoms with Gasteiger partial charge in [0.1, 0.15) is 0 Å². The van der Waals surface area contributed by atoms with Crippen molar-refractivity contribution in [1.29, 1.82) is 0 Å². The van der Waals surface area contributed by atoms with Gasteiger partial charge < -0.3 is 4.52 Å². The van der Waals surface area contributed by atoms with Crippen LogP contribution in [0.15, 0.2) is 23.4 Å². The van der Waals surface area contributed by atoms with E-state index in [4.69, 9.17) is 0 Å². The number of hydrogen-bond donors (Lipinski definition) is 2. The highest BCUT2D eigenvalue weighted by atomic mass is 16.5. The lowest BCUT2D eigenvalue weighted by Crippen LogP contribution is -2.31. The lowest BCUT2D eigenvalue weighted by atomic mass is 9.96. The first kappa shape index (κ1) is 23.0. The summed E-state index contributed by atoms with van der Waals surface area (Å²) in [7, 11) is 0. The van der Waals surface area contributed by atoms with Crippen molar-refractivity contribution in [2.45, 2.75) is 67.3 Å². The van der Waals surface area contributed by atoms with Gasteiger partial charge in [0, 0.05) is 5.41 Å². The zero-order valence-electron chi connectivity index (χ0n) is 12.9. The molecule has 0 radical (unpaired) electrons. The van der Waals surface area contributed by atoms with E-state index >= 15 is 0 Å². The Morgan fingerprint density at radius 1 is 0.913 bits per heavy atom. The van der Waals surface area contributed by atoms with Gasteiger partial charge in [-0.3, -0.25) is 9.51 Å². The van der Waals surface area contributed by atoms with E-state index in [1.807, 2.05) is 25.8 Å². The quantitative estimate of drug-likeness (QED) is 0.757. The summed E-state index contributed by atoms with van der Waals surface area (Å²) in [5.41, 5.74) is -1.15. The molecule has 9 nitrogen and oxygen atoms in total. The number of H-pyrrole nitrogens is 2. The summed E-state index contributed by atoms with van der Waals surface area (Å²) in [4.78, 5) is 36.3. The first-order chi connectivity index (χ1) is 9.41. The Bertz CT molecular complexity index is 746. The number of nitrogens with one attached hydrogen (secondary N) is 2. The molecule has 0 amide bonds. The van der Waals surface area contributed by atoms with Crippen molar-refractivity contribution in [3.63, 3.8) is 0 Å². The molecule has 0 atom stereocenters. The summed E-state index contributed by atoms with van der Waals surface area (Å²) in [6.07, 6.45) is 0. The maximum atomic E-state index is 10.9. The molecular weight excluding hydrogens is 304 g/mol. The molecule has 9 heteroatoms. The molecular formula is C14H28N4O5. The predicted molar refractivity (Wildman–Crippen MR) is 87.9 cm³/mol. The van der Waals surface area contributed by atoms with Crippen LogP contribution < -0.4 is 17.2 Å². The molecule has 0 aromatic carbocycles. The highest BCUT2D eigenvalue weighted by Crippen LogP contribution is 2.15. The molecule has 0 saturated heterocycles. The second-order valence-corrected chi connectivity index (χ2v) is 6.47. The minimum absolute atomic E-state index is 0. The Labute approximate surface area is 134 Å². The van der Waals surface area contributed by atoms with E-state index in [0.717, 1.165) is 4.74 Å². The smallest absolute Gasteiger partial charge is 0.316 e. The lowest BCUT2D eigenvalue weighted by molar-refractivity contribution is 0.147. The molecule has 2 aromatic heterocycles. The molecule has 0 unspecified atom stereocenters. The Morgan fingerprint density at radius 2 is 1.43 bits per heavy atom. The molecule has 2 aromatic rings. The van der Waals surface area contributed by atoms with Crippen LogP contribution >= 0.6 is 0 Å². The molecule has 2 N–H and O–H groups in total. The Morgan fingerprint density at radius 3 is 1.61 bits per heavy atom. The molecule has 134 valence electrons. The monoisotopic (exact) mass is 332 g/mol. The van der Waals surface area contributed by atoms with Crippen molar-refractivity contribution in [3.05, 3.63) is 37.4 Å². The van der Waals surface area contributed by atoms with E-state index in [9.17, 15) is 14.4 Å². The summed E-state index contributed by atoms with van der Waals surface area (Å²) < 4.78 is 9.91. The van der Waals surface area contributed by atoms with Crippen molar-refractivity contribution in [2.24, 2.45) is 0 Å². The standard InChI is InChI=1S/C6H10N2O3.C6H10N2O2.2CH4/c1-6(2,3)8-4(9)7-5(10)11-8;1-6(2,3)4-7-5(9)10-8-4;;/h1-3H3,(H,7,9,10);1-3H3,(H,7,8,9);2*1H4. The first-order valence-electron chi connectivity index (χ1n) is 6.31. The second kappa shape index (κ2) is 7.80. The molecule has 0 fully saturated rings. The maximum absolute atomic E-state index is 10.9. The van der Waals surface area contributed by atoms with Gasteiger partial charge in [-0.2, -0.15) is 0 Å². The zero-order valence-corrected chi connectivity index (χ0v) is 12.9. The number of aromatic nitrogens is 4. The van der Waals surface area contributed by atoms with Gasteiger partial charge in [-0.25, -0.2) is 19.4 Å². The van der Waals surface area contributed by atoms with Crippen molar-refractivity contribution in [2.75, 3.05) is 0 Å². The molecule has 0 spiro atoms. The van der Waals surface area contributed by atoms with Gasteiger partial charge in [-0.15, -0.1) is 4.74 Å². The van der Waals surface area contributed by atoms with Gasteiger partial charge in [-0.05, 0) is 20.8 Å². The highest BCUT2D eigenvalue weighted by molar-refractivity contribution is 4.96. The predicted octanol–water partition coefficient (Wildman–Crippen LogP) is 1.82. The average Bonchev–Trinajstić information content (AvgIpc) is 2.84. The molecule has 0 bridgehead atoms. The van der Waals surface area contributed by atoms with Gasteiger partial charge in [-0.1, -0.05) is 40.8 Å². The normalized spacial score (nSPS) is 10.9. The number of rotatable bonds is 0. The van der Waals surface area contributed by atoms with Gasteiger partial charge in [0.2, 0.25) is 0 Å².